The topological polar surface area (TPSA) is 52.9 Å². The van der Waals surface area contributed by atoms with Gasteiger partial charge in [0.15, 0.2) is 0 Å². The average Bonchev–Trinajstić information content (AvgIpc) is 2.28. The number of nitriles is 1. The number of amides is 1. The number of nitrogens with zero attached hydrogens (tertiary/aromatic N) is 1. The average molecular weight is 236 g/mol. The van der Waals surface area contributed by atoms with Crippen LogP contribution in [-0.2, 0) is 4.79 Å². The van der Waals surface area contributed by atoms with Crippen LogP contribution < -0.4 is 5.32 Å². The SMILES string of the molecule is CCCC(C#N)C(=O)NC1CCCCC1(C)C. The van der Waals surface area contributed by atoms with Crippen molar-refractivity contribution >= 4 is 5.91 Å². The van der Waals surface area contributed by atoms with Crippen LogP contribution in [0.3, 0.4) is 0 Å². The lowest BCUT2D eigenvalue weighted by Gasteiger charge is -2.39. The van der Waals surface area contributed by atoms with Crippen molar-refractivity contribution in [1.82, 2.24) is 5.32 Å². The van der Waals surface area contributed by atoms with Crippen LogP contribution >= 0.6 is 0 Å². The first-order chi connectivity index (χ1) is 8.01. The highest BCUT2D eigenvalue weighted by atomic mass is 16.1. The van der Waals surface area contributed by atoms with E-state index in [1.54, 1.807) is 0 Å². The molecule has 0 aromatic heterocycles. The predicted molar refractivity (Wildman–Crippen MR) is 68.2 cm³/mol. The molecule has 1 saturated carbocycles. The van der Waals surface area contributed by atoms with Crippen LogP contribution in [0, 0.1) is 22.7 Å². The molecule has 1 amide bonds. The van der Waals surface area contributed by atoms with Gasteiger partial charge in [-0.1, -0.05) is 40.0 Å². The van der Waals surface area contributed by atoms with Gasteiger partial charge in [0, 0.05) is 6.04 Å². The smallest absolute Gasteiger partial charge is 0.237 e. The Kier molecular flexibility index (Phi) is 4.99. The molecule has 1 aliphatic carbocycles. The van der Waals surface area contributed by atoms with E-state index >= 15 is 0 Å². The normalized spacial score (nSPS) is 24.7. The Balaban J connectivity index is 2.58. The third-order valence-electron chi connectivity index (χ3n) is 3.87. The van der Waals surface area contributed by atoms with Crippen molar-refractivity contribution in [3.05, 3.63) is 0 Å². The summed E-state index contributed by atoms with van der Waals surface area (Å²) >= 11 is 0. The summed E-state index contributed by atoms with van der Waals surface area (Å²) < 4.78 is 0. The third kappa shape index (κ3) is 3.73. The first-order valence-corrected chi connectivity index (χ1v) is 6.71. The van der Waals surface area contributed by atoms with E-state index in [0.717, 1.165) is 19.3 Å². The second-order valence-corrected chi connectivity index (χ2v) is 5.77. The highest BCUT2D eigenvalue weighted by molar-refractivity contribution is 5.81. The number of carbonyl (C=O) groups is 1. The van der Waals surface area contributed by atoms with Crippen molar-refractivity contribution in [2.24, 2.45) is 11.3 Å². The maximum atomic E-state index is 12.0. The molecule has 96 valence electrons. The Morgan fingerprint density at radius 3 is 2.76 bits per heavy atom. The molecule has 0 aromatic rings. The van der Waals surface area contributed by atoms with Gasteiger partial charge in [-0.05, 0) is 24.7 Å². The fourth-order valence-corrected chi connectivity index (χ4v) is 2.58. The van der Waals surface area contributed by atoms with Crippen LogP contribution in [0.5, 0.6) is 0 Å². The Bertz CT molecular complexity index is 304. The maximum Gasteiger partial charge on any atom is 0.237 e. The zero-order valence-corrected chi connectivity index (χ0v) is 11.3. The van der Waals surface area contributed by atoms with E-state index in [9.17, 15) is 4.79 Å². The lowest BCUT2D eigenvalue weighted by Crippen LogP contribution is -2.48. The van der Waals surface area contributed by atoms with E-state index in [1.807, 2.05) is 6.92 Å². The van der Waals surface area contributed by atoms with Crippen molar-refractivity contribution in [2.75, 3.05) is 0 Å². The van der Waals surface area contributed by atoms with E-state index in [4.69, 9.17) is 5.26 Å². The molecule has 1 N–H and O–H groups in total. The molecule has 1 fully saturated rings. The van der Waals surface area contributed by atoms with Gasteiger partial charge in [0.25, 0.3) is 0 Å². The summed E-state index contributed by atoms with van der Waals surface area (Å²) in [5.41, 5.74) is 0.167. The fourth-order valence-electron chi connectivity index (χ4n) is 2.58. The summed E-state index contributed by atoms with van der Waals surface area (Å²) in [7, 11) is 0. The Morgan fingerprint density at radius 1 is 1.53 bits per heavy atom. The lowest BCUT2D eigenvalue weighted by molar-refractivity contribution is -0.125. The van der Waals surface area contributed by atoms with Gasteiger partial charge in [-0.3, -0.25) is 4.79 Å². The molecular weight excluding hydrogens is 212 g/mol. The molecule has 0 heterocycles. The minimum Gasteiger partial charge on any atom is -0.352 e. The number of rotatable bonds is 4. The Morgan fingerprint density at radius 2 is 2.24 bits per heavy atom. The molecule has 1 rings (SSSR count). The zero-order valence-electron chi connectivity index (χ0n) is 11.3. The third-order valence-corrected chi connectivity index (χ3v) is 3.87. The highest BCUT2D eigenvalue weighted by Crippen LogP contribution is 2.35. The largest absolute Gasteiger partial charge is 0.352 e. The monoisotopic (exact) mass is 236 g/mol. The van der Waals surface area contributed by atoms with Crippen LogP contribution in [0.15, 0.2) is 0 Å². The fraction of sp³-hybridized carbons (Fsp3) is 0.857. The van der Waals surface area contributed by atoms with Gasteiger partial charge in [-0.2, -0.15) is 5.26 Å². The standard InChI is InChI=1S/C14H24N2O/c1-4-7-11(10-15)13(17)16-12-8-5-6-9-14(12,2)3/h11-12H,4-9H2,1-3H3,(H,16,17). The van der Waals surface area contributed by atoms with Gasteiger partial charge in [-0.25, -0.2) is 0 Å². The van der Waals surface area contributed by atoms with Gasteiger partial charge < -0.3 is 5.32 Å². The van der Waals surface area contributed by atoms with Gasteiger partial charge in [0.05, 0.1) is 6.07 Å². The highest BCUT2D eigenvalue weighted by Gasteiger charge is 2.34. The Hall–Kier alpha value is -1.04. The predicted octanol–water partition coefficient (Wildman–Crippen LogP) is 3.01. The van der Waals surface area contributed by atoms with E-state index in [-0.39, 0.29) is 17.4 Å². The summed E-state index contributed by atoms with van der Waals surface area (Å²) in [5, 5.41) is 12.1. The molecule has 0 spiro atoms. The molecular formula is C14H24N2O. The van der Waals surface area contributed by atoms with E-state index in [0.29, 0.717) is 6.42 Å². The molecule has 0 radical (unpaired) electrons. The Labute approximate surface area is 105 Å². The van der Waals surface area contributed by atoms with Crippen LogP contribution in [0.4, 0.5) is 0 Å². The number of nitrogens with one attached hydrogen (secondary N) is 1. The molecule has 0 aliphatic heterocycles. The van der Waals surface area contributed by atoms with Gasteiger partial charge in [0.2, 0.25) is 5.91 Å². The summed E-state index contributed by atoms with van der Waals surface area (Å²) in [6, 6.07) is 2.34. The summed E-state index contributed by atoms with van der Waals surface area (Å²) in [4.78, 5) is 12.0. The van der Waals surface area contributed by atoms with Crippen molar-refractivity contribution < 1.29 is 4.79 Å². The zero-order chi connectivity index (χ0) is 12.9. The first kappa shape index (κ1) is 14.0. The second-order valence-electron chi connectivity index (χ2n) is 5.77. The van der Waals surface area contributed by atoms with Gasteiger partial charge in [-0.15, -0.1) is 0 Å². The number of carbonyl (C=O) groups excluding carboxylic acids is 1. The molecule has 2 unspecified atom stereocenters. The molecule has 3 nitrogen and oxygen atoms in total. The van der Waals surface area contributed by atoms with E-state index in [2.05, 4.69) is 25.2 Å². The first-order valence-electron chi connectivity index (χ1n) is 6.71. The maximum absolute atomic E-state index is 12.0. The minimum atomic E-state index is -0.474. The van der Waals surface area contributed by atoms with Crippen molar-refractivity contribution in [2.45, 2.75) is 65.3 Å². The second kappa shape index (κ2) is 6.05. The molecule has 0 saturated heterocycles. The van der Waals surface area contributed by atoms with Crippen LogP contribution in [0.2, 0.25) is 0 Å². The molecule has 2 atom stereocenters. The molecule has 17 heavy (non-hydrogen) atoms. The quantitative estimate of drug-likeness (QED) is 0.815. The minimum absolute atomic E-state index is 0.0747. The summed E-state index contributed by atoms with van der Waals surface area (Å²) in [6.45, 7) is 6.42. The molecule has 0 bridgehead atoms. The van der Waals surface area contributed by atoms with Crippen LogP contribution in [0.1, 0.15) is 59.3 Å². The van der Waals surface area contributed by atoms with Crippen molar-refractivity contribution in [3.8, 4) is 6.07 Å². The van der Waals surface area contributed by atoms with Crippen LogP contribution in [0.25, 0.3) is 0 Å². The van der Waals surface area contributed by atoms with Gasteiger partial charge >= 0.3 is 0 Å². The summed E-state index contributed by atoms with van der Waals surface area (Å²) in [5.74, 6) is -0.549. The summed E-state index contributed by atoms with van der Waals surface area (Å²) in [6.07, 6.45) is 6.16. The number of hydrogen-bond acceptors (Lipinski definition) is 2. The van der Waals surface area contributed by atoms with Gasteiger partial charge in [0.1, 0.15) is 5.92 Å². The van der Waals surface area contributed by atoms with Crippen LogP contribution in [-0.4, -0.2) is 11.9 Å². The number of hydrogen-bond donors (Lipinski definition) is 1. The molecule has 0 aromatic carbocycles. The lowest BCUT2D eigenvalue weighted by atomic mass is 9.73. The van der Waals surface area contributed by atoms with Crippen molar-refractivity contribution in [3.63, 3.8) is 0 Å². The molecule has 1 aliphatic rings. The van der Waals surface area contributed by atoms with E-state index < -0.39 is 5.92 Å². The van der Waals surface area contributed by atoms with Crippen molar-refractivity contribution in [1.29, 1.82) is 5.26 Å². The van der Waals surface area contributed by atoms with E-state index in [1.165, 1.54) is 12.8 Å². The molecule has 3 heteroatoms.